The summed E-state index contributed by atoms with van der Waals surface area (Å²) < 4.78 is 0. The van der Waals surface area contributed by atoms with Gasteiger partial charge in [-0.15, -0.1) is 0 Å². The van der Waals surface area contributed by atoms with Crippen LogP contribution in [0, 0.1) is 23.2 Å². The quantitative estimate of drug-likeness (QED) is 0.649. The summed E-state index contributed by atoms with van der Waals surface area (Å²) in [5.41, 5.74) is 5.68. The maximum atomic E-state index is 8.38. The van der Waals surface area contributed by atoms with Gasteiger partial charge in [0.25, 0.3) is 0 Å². The Bertz CT molecular complexity index is 185. The van der Waals surface area contributed by atoms with Crippen molar-refractivity contribution in [3.63, 3.8) is 0 Å². The minimum absolute atomic E-state index is 0.618. The monoisotopic (exact) mass is 195 g/mol. The molecular weight excluding hydrogens is 174 g/mol. The molecule has 80 valence electrons. The molecule has 0 amide bonds. The van der Waals surface area contributed by atoms with Crippen molar-refractivity contribution in [2.75, 3.05) is 19.6 Å². The van der Waals surface area contributed by atoms with E-state index in [4.69, 9.17) is 11.0 Å². The number of nitrogens with zero attached hydrogens (tertiary/aromatic N) is 1. The molecule has 1 fully saturated rings. The van der Waals surface area contributed by atoms with Crippen molar-refractivity contribution in [2.45, 2.75) is 32.1 Å². The number of hydrogen-bond acceptors (Lipinski definition) is 3. The number of hydrogen-bond donors (Lipinski definition) is 2. The van der Waals surface area contributed by atoms with Crippen LogP contribution < -0.4 is 11.1 Å². The van der Waals surface area contributed by atoms with E-state index in [9.17, 15) is 0 Å². The van der Waals surface area contributed by atoms with Gasteiger partial charge in [0.15, 0.2) is 0 Å². The second kappa shape index (κ2) is 6.80. The first-order chi connectivity index (χ1) is 6.86. The van der Waals surface area contributed by atoms with Gasteiger partial charge in [-0.05, 0) is 44.2 Å². The molecule has 0 aromatic carbocycles. The van der Waals surface area contributed by atoms with Crippen molar-refractivity contribution in [1.82, 2.24) is 5.32 Å². The van der Waals surface area contributed by atoms with E-state index in [1.54, 1.807) is 0 Å². The molecule has 0 aliphatic heterocycles. The van der Waals surface area contributed by atoms with E-state index in [0.717, 1.165) is 31.5 Å². The van der Waals surface area contributed by atoms with Crippen LogP contribution in [0.1, 0.15) is 32.1 Å². The molecule has 1 rings (SSSR count). The molecule has 0 bridgehead atoms. The normalized spacial score (nSPS) is 27.1. The Hall–Kier alpha value is -0.590. The van der Waals surface area contributed by atoms with Crippen LogP contribution in [0.25, 0.3) is 0 Å². The molecule has 0 aromatic heterocycles. The first-order valence-corrected chi connectivity index (χ1v) is 5.64. The molecular formula is C11H21N3. The van der Waals surface area contributed by atoms with Crippen LogP contribution in [0.2, 0.25) is 0 Å². The summed E-state index contributed by atoms with van der Waals surface area (Å²) in [6.45, 7) is 2.74. The molecule has 0 aromatic rings. The molecule has 0 spiro atoms. The standard InChI is InChI=1S/C11H21N3/c12-5-2-6-14-9-11-4-1-3-10(7-11)8-13/h10-11,14H,1-4,6-9,13H2. The molecule has 0 heterocycles. The van der Waals surface area contributed by atoms with Crippen LogP contribution in [0.5, 0.6) is 0 Å². The van der Waals surface area contributed by atoms with Gasteiger partial charge in [0.1, 0.15) is 0 Å². The lowest BCUT2D eigenvalue weighted by Crippen LogP contribution is -2.30. The van der Waals surface area contributed by atoms with E-state index in [0.29, 0.717) is 6.42 Å². The molecule has 3 N–H and O–H groups in total. The molecule has 1 saturated carbocycles. The lowest BCUT2D eigenvalue weighted by molar-refractivity contribution is 0.265. The highest BCUT2D eigenvalue weighted by atomic mass is 14.9. The Morgan fingerprint density at radius 1 is 1.36 bits per heavy atom. The molecule has 3 nitrogen and oxygen atoms in total. The van der Waals surface area contributed by atoms with Gasteiger partial charge in [-0.25, -0.2) is 0 Å². The van der Waals surface area contributed by atoms with Gasteiger partial charge in [-0.1, -0.05) is 6.42 Å². The SMILES string of the molecule is N#CCCNCC1CCCC(CN)C1. The van der Waals surface area contributed by atoms with Gasteiger partial charge in [0.2, 0.25) is 0 Å². The van der Waals surface area contributed by atoms with Crippen LogP contribution in [0.4, 0.5) is 0 Å². The molecule has 1 aliphatic rings. The molecule has 2 unspecified atom stereocenters. The first kappa shape index (κ1) is 11.5. The van der Waals surface area contributed by atoms with E-state index in [2.05, 4.69) is 11.4 Å². The summed E-state index contributed by atoms with van der Waals surface area (Å²) in [7, 11) is 0. The number of nitrogens with two attached hydrogens (primary N) is 1. The van der Waals surface area contributed by atoms with Crippen LogP contribution in [0.3, 0.4) is 0 Å². The summed E-state index contributed by atoms with van der Waals surface area (Å²) >= 11 is 0. The Labute approximate surface area is 86.7 Å². The zero-order chi connectivity index (χ0) is 10.2. The van der Waals surface area contributed by atoms with Gasteiger partial charge < -0.3 is 11.1 Å². The van der Waals surface area contributed by atoms with Crippen molar-refractivity contribution in [3.8, 4) is 6.07 Å². The maximum Gasteiger partial charge on any atom is 0.0635 e. The summed E-state index contributed by atoms with van der Waals surface area (Å²) in [4.78, 5) is 0. The van der Waals surface area contributed by atoms with Crippen LogP contribution >= 0.6 is 0 Å². The average molecular weight is 195 g/mol. The van der Waals surface area contributed by atoms with Crippen LogP contribution in [-0.4, -0.2) is 19.6 Å². The summed E-state index contributed by atoms with van der Waals surface area (Å²) in [6.07, 6.45) is 5.86. The third-order valence-corrected chi connectivity index (χ3v) is 3.07. The van der Waals surface area contributed by atoms with Gasteiger partial charge in [0, 0.05) is 13.0 Å². The predicted octanol–water partition coefficient (Wildman–Crippen LogP) is 1.25. The van der Waals surface area contributed by atoms with E-state index < -0.39 is 0 Å². The topological polar surface area (TPSA) is 61.8 Å². The van der Waals surface area contributed by atoms with E-state index >= 15 is 0 Å². The maximum absolute atomic E-state index is 8.38. The Kier molecular flexibility index (Phi) is 5.58. The fourth-order valence-corrected chi connectivity index (χ4v) is 2.25. The second-order valence-corrected chi connectivity index (χ2v) is 4.25. The van der Waals surface area contributed by atoms with Gasteiger partial charge in [-0.2, -0.15) is 5.26 Å². The third kappa shape index (κ3) is 4.08. The lowest BCUT2D eigenvalue weighted by atomic mass is 9.81. The molecule has 1 aliphatic carbocycles. The first-order valence-electron chi connectivity index (χ1n) is 5.64. The smallest absolute Gasteiger partial charge is 0.0635 e. The number of nitrogens with one attached hydrogen (secondary N) is 1. The van der Waals surface area contributed by atoms with Crippen molar-refractivity contribution in [2.24, 2.45) is 17.6 Å². The van der Waals surface area contributed by atoms with E-state index in [-0.39, 0.29) is 0 Å². The third-order valence-electron chi connectivity index (χ3n) is 3.07. The highest BCUT2D eigenvalue weighted by Crippen LogP contribution is 2.27. The zero-order valence-corrected chi connectivity index (χ0v) is 8.84. The van der Waals surface area contributed by atoms with Gasteiger partial charge in [0.05, 0.1) is 6.07 Å². The summed E-state index contributed by atoms with van der Waals surface area (Å²) in [5.74, 6) is 1.53. The largest absolute Gasteiger partial charge is 0.330 e. The van der Waals surface area contributed by atoms with Crippen molar-refractivity contribution in [3.05, 3.63) is 0 Å². The molecule has 14 heavy (non-hydrogen) atoms. The Morgan fingerprint density at radius 2 is 2.14 bits per heavy atom. The second-order valence-electron chi connectivity index (χ2n) is 4.25. The molecule has 3 heteroatoms. The highest BCUT2D eigenvalue weighted by Gasteiger charge is 2.20. The Morgan fingerprint density at radius 3 is 2.86 bits per heavy atom. The molecule has 2 atom stereocenters. The minimum Gasteiger partial charge on any atom is -0.330 e. The van der Waals surface area contributed by atoms with Gasteiger partial charge in [-0.3, -0.25) is 0 Å². The van der Waals surface area contributed by atoms with Crippen molar-refractivity contribution < 1.29 is 0 Å². The average Bonchev–Trinajstić information content (AvgIpc) is 2.25. The predicted molar refractivity (Wildman–Crippen MR) is 57.6 cm³/mol. The van der Waals surface area contributed by atoms with Crippen LogP contribution in [-0.2, 0) is 0 Å². The minimum atomic E-state index is 0.618. The lowest BCUT2D eigenvalue weighted by Gasteiger charge is -2.28. The number of nitriles is 1. The molecule has 0 saturated heterocycles. The fraction of sp³-hybridized carbons (Fsp3) is 0.909. The summed E-state index contributed by atoms with van der Waals surface area (Å²) in [5, 5.41) is 11.7. The zero-order valence-electron chi connectivity index (χ0n) is 8.84. The molecule has 0 radical (unpaired) electrons. The Balaban J connectivity index is 2.08. The van der Waals surface area contributed by atoms with E-state index in [1.165, 1.54) is 25.7 Å². The number of rotatable bonds is 5. The fourth-order valence-electron chi connectivity index (χ4n) is 2.25. The van der Waals surface area contributed by atoms with E-state index in [1.807, 2.05) is 0 Å². The van der Waals surface area contributed by atoms with Gasteiger partial charge >= 0.3 is 0 Å². The van der Waals surface area contributed by atoms with Crippen molar-refractivity contribution in [1.29, 1.82) is 5.26 Å². The van der Waals surface area contributed by atoms with Crippen molar-refractivity contribution >= 4 is 0 Å². The summed E-state index contributed by atoms with van der Waals surface area (Å²) in [6, 6.07) is 2.14. The highest BCUT2D eigenvalue weighted by molar-refractivity contribution is 4.76. The van der Waals surface area contributed by atoms with Crippen LogP contribution in [0.15, 0.2) is 0 Å².